The molecule has 8 heteroatoms. The molecule has 1 aliphatic heterocycles. The predicted octanol–water partition coefficient (Wildman–Crippen LogP) is 1.89. The average Bonchev–Trinajstić information content (AvgIpc) is 2.76. The van der Waals surface area contributed by atoms with Gasteiger partial charge in [0.25, 0.3) is 5.91 Å². The van der Waals surface area contributed by atoms with Crippen LogP contribution in [0.2, 0.25) is 0 Å². The van der Waals surface area contributed by atoms with Gasteiger partial charge in [0.1, 0.15) is 0 Å². The number of carbonyl (C=O) groups excluding carboxylic acids is 2. The summed E-state index contributed by atoms with van der Waals surface area (Å²) in [6.07, 6.45) is 1.52. The zero-order valence-electron chi connectivity index (χ0n) is 17.9. The molecule has 0 aromatic heterocycles. The van der Waals surface area contributed by atoms with E-state index in [-0.39, 0.29) is 5.91 Å². The standard InChI is InChI=1S/C23H28N4O4/c1-18(28)31-21-9-8-20(14-22(21)30-2)15-24-25-23(29)17-27-12-10-26(11-13-27)16-19-6-4-3-5-7-19/h3-9,14-15H,10-13,16-17H2,1-2H3,(H,25,29). The molecule has 1 aliphatic rings. The number of hydrazone groups is 1. The summed E-state index contributed by atoms with van der Waals surface area (Å²) in [4.78, 5) is 27.9. The van der Waals surface area contributed by atoms with Gasteiger partial charge < -0.3 is 9.47 Å². The number of carbonyl (C=O) groups is 2. The largest absolute Gasteiger partial charge is 0.493 e. The molecule has 8 nitrogen and oxygen atoms in total. The zero-order valence-corrected chi connectivity index (χ0v) is 17.9. The fourth-order valence-corrected chi connectivity index (χ4v) is 3.37. The molecule has 3 rings (SSSR count). The summed E-state index contributed by atoms with van der Waals surface area (Å²) in [5.41, 5.74) is 4.58. The van der Waals surface area contributed by atoms with Crippen LogP contribution >= 0.6 is 0 Å². The third kappa shape index (κ3) is 7.20. The van der Waals surface area contributed by atoms with Crippen LogP contribution in [0.3, 0.4) is 0 Å². The van der Waals surface area contributed by atoms with E-state index in [0.717, 1.165) is 32.7 Å². The van der Waals surface area contributed by atoms with Crippen molar-refractivity contribution >= 4 is 18.1 Å². The number of benzene rings is 2. The van der Waals surface area contributed by atoms with Gasteiger partial charge in [0.15, 0.2) is 11.5 Å². The topological polar surface area (TPSA) is 83.5 Å². The van der Waals surface area contributed by atoms with E-state index in [1.54, 1.807) is 18.2 Å². The number of hydrogen-bond acceptors (Lipinski definition) is 7. The van der Waals surface area contributed by atoms with Gasteiger partial charge in [-0.2, -0.15) is 5.10 Å². The monoisotopic (exact) mass is 424 g/mol. The smallest absolute Gasteiger partial charge is 0.308 e. The normalized spacial score (nSPS) is 15.0. The molecule has 0 aliphatic carbocycles. The average molecular weight is 425 g/mol. The molecule has 1 fully saturated rings. The number of piperazine rings is 1. The van der Waals surface area contributed by atoms with Gasteiger partial charge in [-0.05, 0) is 29.3 Å². The van der Waals surface area contributed by atoms with Crippen LogP contribution in [0.25, 0.3) is 0 Å². The Morgan fingerprint density at radius 3 is 2.42 bits per heavy atom. The van der Waals surface area contributed by atoms with Gasteiger partial charge in [0.05, 0.1) is 19.9 Å². The van der Waals surface area contributed by atoms with Crippen molar-refractivity contribution in [1.82, 2.24) is 15.2 Å². The first kappa shape index (κ1) is 22.5. The van der Waals surface area contributed by atoms with Crippen molar-refractivity contribution in [2.75, 3.05) is 39.8 Å². The highest BCUT2D eigenvalue weighted by Crippen LogP contribution is 2.27. The summed E-state index contributed by atoms with van der Waals surface area (Å²) in [5.74, 6) is 0.172. The zero-order chi connectivity index (χ0) is 22.1. The fraction of sp³-hybridized carbons (Fsp3) is 0.348. The van der Waals surface area contributed by atoms with E-state index >= 15 is 0 Å². The van der Waals surface area contributed by atoms with Crippen molar-refractivity contribution in [2.24, 2.45) is 5.10 Å². The molecule has 31 heavy (non-hydrogen) atoms. The Hall–Kier alpha value is -3.23. The first-order chi connectivity index (χ1) is 15.0. The molecule has 0 atom stereocenters. The van der Waals surface area contributed by atoms with E-state index in [1.807, 2.05) is 6.07 Å². The maximum absolute atomic E-state index is 12.2. The lowest BCUT2D eigenvalue weighted by Gasteiger charge is -2.34. The fourth-order valence-electron chi connectivity index (χ4n) is 3.37. The first-order valence-corrected chi connectivity index (χ1v) is 10.2. The number of amides is 1. The summed E-state index contributed by atoms with van der Waals surface area (Å²) in [6.45, 7) is 6.13. The molecule has 1 amide bonds. The highest BCUT2D eigenvalue weighted by Gasteiger charge is 2.18. The number of ether oxygens (including phenoxy) is 2. The van der Waals surface area contributed by atoms with Crippen LogP contribution in [-0.4, -0.2) is 67.7 Å². The Kier molecular flexibility index (Phi) is 8.14. The van der Waals surface area contributed by atoms with E-state index in [2.05, 4.69) is 44.6 Å². The van der Waals surface area contributed by atoms with Crippen molar-refractivity contribution in [3.8, 4) is 11.5 Å². The summed E-state index contributed by atoms with van der Waals surface area (Å²) in [6, 6.07) is 15.4. The molecule has 0 radical (unpaired) electrons. The second-order valence-corrected chi connectivity index (χ2v) is 7.34. The minimum Gasteiger partial charge on any atom is -0.493 e. The molecule has 164 valence electrons. The number of rotatable bonds is 8. The number of hydrogen-bond donors (Lipinski definition) is 1. The second-order valence-electron chi connectivity index (χ2n) is 7.34. The lowest BCUT2D eigenvalue weighted by Crippen LogP contribution is -2.48. The molecule has 2 aromatic rings. The number of methoxy groups -OCH3 is 1. The SMILES string of the molecule is COc1cc(C=NNC(=O)CN2CCN(Cc3ccccc3)CC2)ccc1OC(C)=O. The lowest BCUT2D eigenvalue weighted by atomic mass is 10.2. The minimum atomic E-state index is -0.423. The Morgan fingerprint density at radius 2 is 1.74 bits per heavy atom. The van der Waals surface area contributed by atoms with Gasteiger partial charge in [0.2, 0.25) is 0 Å². The predicted molar refractivity (Wildman–Crippen MR) is 118 cm³/mol. The van der Waals surface area contributed by atoms with Crippen molar-refractivity contribution in [1.29, 1.82) is 0 Å². The number of nitrogens with one attached hydrogen (secondary N) is 1. The molecular formula is C23H28N4O4. The maximum atomic E-state index is 12.2. The van der Waals surface area contributed by atoms with Crippen molar-refractivity contribution in [2.45, 2.75) is 13.5 Å². The third-order valence-corrected chi connectivity index (χ3v) is 4.93. The summed E-state index contributed by atoms with van der Waals surface area (Å²) in [5, 5.41) is 4.02. The van der Waals surface area contributed by atoms with Crippen molar-refractivity contribution in [3.05, 3.63) is 59.7 Å². The molecule has 0 bridgehead atoms. The van der Waals surface area contributed by atoms with Gasteiger partial charge in [-0.1, -0.05) is 30.3 Å². The first-order valence-electron chi connectivity index (χ1n) is 10.2. The second kappa shape index (κ2) is 11.2. The molecule has 1 saturated heterocycles. The Labute approximate surface area is 182 Å². The Morgan fingerprint density at radius 1 is 1.03 bits per heavy atom. The van der Waals surface area contributed by atoms with E-state index in [1.165, 1.54) is 25.8 Å². The lowest BCUT2D eigenvalue weighted by molar-refractivity contribution is -0.132. The van der Waals surface area contributed by atoms with Crippen LogP contribution < -0.4 is 14.9 Å². The third-order valence-electron chi connectivity index (χ3n) is 4.93. The van der Waals surface area contributed by atoms with Crippen LogP contribution in [-0.2, 0) is 16.1 Å². The van der Waals surface area contributed by atoms with Gasteiger partial charge >= 0.3 is 5.97 Å². The van der Waals surface area contributed by atoms with E-state index < -0.39 is 5.97 Å². The van der Waals surface area contributed by atoms with Gasteiger partial charge in [-0.3, -0.25) is 19.4 Å². The summed E-state index contributed by atoms with van der Waals surface area (Å²) < 4.78 is 10.3. The van der Waals surface area contributed by atoms with E-state index in [9.17, 15) is 9.59 Å². The molecule has 0 saturated carbocycles. The number of esters is 1. The Balaban J connectivity index is 1.42. The summed E-state index contributed by atoms with van der Waals surface area (Å²) >= 11 is 0. The van der Waals surface area contributed by atoms with Crippen molar-refractivity contribution in [3.63, 3.8) is 0 Å². The highest BCUT2D eigenvalue weighted by atomic mass is 16.6. The van der Waals surface area contributed by atoms with Crippen LogP contribution in [0.5, 0.6) is 11.5 Å². The molecule has 0 unspecified atom stereocenters. The van der Waals surface area contributed by atoms with Crippen LogP contribution in [0, 0.1) is 0 Å². The van der Waals surface area contributed by atoms with Gasteiger partial charge in [0, 0.05) is 39.6 Å². The quantitative estimate of drug-likeness (QED) is 0.302. The molecule has 2 aromatic carbocycles. The highest BCUT2D eigenvalue weighted by molar-refractivity contribution is 5.84. The van der Waals surface area contributed by atoms with Gasteiger partial charge in [-0.25, -0.2) is 5.43 Å². The molecule has 0 spiro atoms. The maximum Gasteiger partial charge on any atom is 0.308 e. The van der Waals surface area contributed by atoms with Crippen LogP contribution in [0.15, 0.2) is 53.6 Å². The molecular weight excluding hydrogens is 396 g/mol. The minimum absolute atomic E-state index is 0.156. The summed E-state index contributed by atoms with van der Waals surface area (Å²) in [7, 11) is 1.49. The molecule has 1 N–H and O–H groups in total. The van der Waals surface area contributed by atoms with Gasteiger partial charge in [-0.15, -0.1) is 0 Å². The van der Waals surface area contributed by atoms with E-state index in [0.29, 0.717) is 23.6 Å². The van der Waals surface area contributed by atoms with Crippen molar-refractivity contribution < 1.29 is 19.1 Å². The Bertz CT molecular complexity index is 909. The molecule has 1 heterocycles. The van der Waals surface area contributed by atoms with Crippen LogP contribution in [0.1, 0.15) is 18.1 Å². The van der Waals surface area contributed by atoms with Crippen LogP contribution in [0.4, 0.5) is 0 Å². The van der Waals surface area contributed by atoms with E-state index in [4.69, 9.17) is 9.47 Å². The number of nitrogens with zero attached hydrogens (tertiary/aromatic N) is 3.